The van der Waals surface area contributed by atoms with Gasteiger partial charge in [-0.25, -0.2) is 15.0 Å². The third-order valence-electron chi connectivity index (χ3n) is 4.47. The van der Waals surface area contributed by atoms with Crippen LogP contribution >= 0.6 is 11.3 Å². The molecule has 0 aliphatic rings. The van der Waals surface area contributed by atoms with Crippen molar-refractivity contribution in [2.75, 3.05) is 6.54 Å². The SMILES string of the molecule is Cc1nc2ccc(C(=O)NCCc3[nH]cnc3-c3cccs3)cc2nc1C. The quantitative estimate of drug-likeness (QED) is 0.556. The molecule has 7 heteroatoms. The Morgan fingerprint density at radius 2 is 1.96 bits per heavy atom. The summed E-state index contributed by atoms with van der Waals surface area (Å²) < 4.78 is 0. The molecule has 3 heterocycles. The molecule has 1 amide bonds. The summed E-state index contributed by atoms with van der Waals surface area (Å²) in [6, 6.07) is 9.47. The van der Waals surface area contributed by atoms with Crippen LogP contribution in [0.5, 0.6) is 0 Å². The van der Waals surface area contributed by atoms with Crippen LogP contribution in [0.25, 0.3) is 21.6 Å². The Hall–Kier alpha value is -3.06. The lowest BCUT2D eigenvalue weighted by Gasteiger charge is -2.07. The van der Waals surface area contributed by atoms with Crippen molar-refractivity contribution in [3.63, 3.8) is 0 Å². The summed E-state index contributed by atoms with van der Waals surface area (Å²) in [6.45, 7) is 4.38. The average molecular weight is 377 g/mol. The lowest BCUT2D eigenvalue weighted by atomic mass is 10.1. The van der Waals surface area contributed by atoms with Gasteiger partial charge in [-0.05, 0) is 43.5 Å². The third kappa shape index (κ3) is 3.59. The summed E-state index contributed by atoms with van der Waals surface area (Å²) in [5, 5.41) is 5.00. The summed E-state index contributed by atoms with van der Waals surface area (Å²) in [7, 11) is 0. The first-order valence-corrected chi connectivity index (χ1v) is 9.59. The number of carbonyl (C=O) groups is 1. The molecule has 0 saturated heterocycles. The predicted molar refractivity (Wildman–Crippen MR) is 107 cm³/mol. The molecule has 3 aromatic heterocycles. The highest BCUT2D eigenvalue weighted by Gasteiger charge is 2.11. The van der Waals surface area contributed by atoms with Crippen LogP contribution in [0, 0.1) is 13.8 Å². The predicted octanol–water partition coefficient (Wildman–Crippen LogP) is 3.67. The fourth-order valence-electron chi connectivity index (χ4n) is 2.91. The van der Waals surface area contributed by atoms with Crippen molar-refractivity contribution in [2.24, 2.45) is 0 Å². The van der Waals surface area contributed by atoms with Crippen LogP contribution in [0.3, 0.4) is 0 Å². The molecule has 0 atom stereocenters. The van der Waals surface area contributed by atoms with Crippen molar-refractivity contribution >= 4 is 28.3 Å². The van der Waals surface area contributed by atoms with E-state index in [1.54, 1.807) is 29.8 Å². The summed E-state index contributed by atoms with van der Waals surface area (Å²) >= 11 is 1.65. The molecule has 0 saturated carbocycles. The minimum absolute atomic E-state index is 0.117. The van der Waals surface area contributed by atoms with E-state index in [1.165, 1.54) is 0 Å². The first-order chi connectivity index (χ1) is 13.1. The van der Waals surface area contributed by atoms with Crippen LogP contribution in [0.1, 0.15) is 27.4 Å². The van der Waals surface area contributed by atoms with Crippen LogP contribution in [0.4, 0.5) is 0 Å². The van der Waals surface area contributed by atoms with E-state index in [-0.39, 0.29) is 5.91 Å². The number of nitrogens with one attached hydrogen (secondary N) is 2. The van der Waals surface area contributed by atoms with Gasteiger partial charge in [0, 0.05) is 24.2 Å². The van der Waals surface area contributed by atoms with E-state index in [4.69, 9.17) is 0 Å². The molecule has 136 valence electrons. The first kappa shape index (κ1) is 17.4. The van der Waals surface area contributed by atoms with E-state index >= 15 is 0 Å². The number of carbonyl (C=O) groups excluding carboxylic acids is 1. The van der Waals surface area contributed by atoms with E-state index in [2.05, 4.69) is 25.3 Å². The molecular weight excluding hydrogens is 358 g/mol. The number of thiophene rings is 1. The Labute approximate surface area is 160 Å². The Bertz CT molecular complexity index is 1100. The van der Waals surface area contributed by atoms with E-state index in [0.717, 1.165) is 38.7 Å². The number of imidazole rings is 1. The number of nitrogens with zero attached hydrogens (tertiary/aromatic N) is 3. The van der Waals surface area contributed by atoms with Crippen LogP contribution in [-0.4, -0.2) is 32.4 Å². The molecular formula is C20H19N5OS. The maximum atomic E-state index is 12.5. The minimum Gasteiger partial charge on any atom is -0.352 e. The van der Waals surface area contributed by atoms with Gasteiger partial charge in [-0.15, -0.1) is 11.3 Å². The topological polar surface area (TPSA) is 83.6 Å². The highest BCUT2D eigenvalue weighted by atomic mass is 32.1. The van der Waals surface area contributed by atoms with Gasteiger partial charge in [0.2, 0.25) is 0 Å². The number of hydrogen-bond donors (Lipinski definition) is 2. The number of benzene rings is 1. The van der Waals surface area contributed by atoms with Crippen LogP contribution < -0.4 is 5.32 Å². The van der Waals surface area contributed by atoms with Gasteiger partial charge in [0.1, 0.15) is 5.69 Å². The van der Waals surface area contributed by atoms with Crippen LogP contribution in [0.15, 0.2) is 42.0 Å². The lowest BCUT2D eigenvalue weighted by molar-refractivity contribution is 0.0954. The zero-order valence-corrected chi connectivity index (χ0v) is 15.9. The highest BCUT2D eigenvalue weighted by molar-refractivity contribution is 7.13. The van der Waals surface area contributed by atoms with Crippen molar-refractivity contribution in [3.8, 4) is 10.6 Å². The van der Waals surface area contributed by atoms with Crippen molar-refractivity contribution in [1.82, 2.24) is 25.3 Å². The second-order valence-corrected chi connectivity index (χ2v) is 7.26. The highest BCUT2D eigenvalue weighted by Crippen LogP contribution is 2.25. The van der Waals surface area contributed by atoms with Gasteiger partial charge >= 0.3 is 0 Å². The smallest absolute Gasteiger partial charge is 0.251 e. The molecule has 4 rings (SSSR count). The first-order valence-electron chi connectivity index (χ1n) is 8.71. The van der Waals surface area contributed by atoms with E-state index in [1.807, 2.05) is 37.4 Å². The van der Waals surface area contributed by atoms with Crippen LogP contribution in [-0.2, 0) is 6.42 Å². The average Bonchev–Trinajstić information content (AvgIpc) is 3.33. The van der Waals surface area contributed by atoms with Crippen molar-refractivity contribution in [2.45, 2.75) is 20.3 Å². The molecule has 0 radical (unpaired) electrons. The number of aromatic nitrogens is 4. The van der Waals surface area contributed by atoms with Gasteiger partial charge in [0.05, 0.1) is 33.6 Å². The summed E-state index contributed by atoms with van der Waals surface area (Å²) in [6.07, 6.45) is 2.38. The molecule has 0 aliphatic carbocycles. The largest absolute Gasteiger partial charge is 0.352 e. The molecule has 0 aliphatic heterocycles. The number of aromatic amines is 1. The van der Waals surface area contributed by atoms with E-state index < -0.39 is 0 Å². The molecule has 2 N–H and O–H groups in total. The zero-order valence-electron chi connectivity index (χ0n) is 15.1. The molecule has 27 heavy (non-hydrogen) atoms. The maximum Gasteiger partial charge on any atom is 0.251 e. The van der Waals surface area contributed by atoms with E-state index in [9.17, 15) is 4.79 Å². The summed E-state index contributed by atoms with van der Waals surface area (Å²) in [5.41, 5.74) is 5.87. The van der Waals surface area contributed by atoms with Gasteiger partial charge in [-0.3, -0.25) is 4.79 Å². The summed E-state index contributed by atoms with van der Waals surface area (Å²) in [5.74, 6) is -0.117. The van der Waals surface area contributed by atoms with Gasteiger partial charge in [0.15, 0.2) is 0 Å². The molecule has 0 bridgehead atoms. The number of H-pyrrole nitrogens is 1. The number of fused-ring (bicyclic) bond motifs is 1. The second kappa shape index (κ2) is 7.28. The zero-order chi connectivity index (χ0) is 18.8. The monoisotopic (exact) mass is 377 g/mol. The van der Waals surface area contributed by atoms with Crippen molar-refractivity contribution in [3.05, 3.63) is 64.7 Å². The van der Waals surface area contributed by atoms with Gasteiger partial charge in [-0.1, -0.05) is 6.07 Å². The van der Waals surface area contributed by atoms with E-state index in [0.29, 0.717) is 18.5 Å². The fraction of sp³-hybridized carbons (Fsp3) is 0.200. The minimum atomic E-state index is -0.117. The van der Waals surface area contributed by atoms with Crippen molar-refractivity contribution in [1.29, 1.82) is 0 Å². The Balaban J connectivity index is 1.44. The lowest BCUT2D eigenvalue weighted by Crippen LogP contribution is -2.25. The van der Waals surface area contributed by atoms with Gasteiger partial charge in [0.25, 0.3) is 5.91 Å². The molecule has 0 fully saturated rings. The van der Waals surface area contributed by atoms with Gasteiger partial charge < -0.3 is 10.3 Å². The standard InChI is InChI=1S/C20H19N5OS/c1-12-13(2)25-17-10-14(5-6-15(17)24-12)20(26)21-8-7-16-19(23-11-22-16)18-4-3-9-27-18/h3-6,9-11H,7-8H2,1-2H3,(H,21,26)(H,22,23). The molecule has 1 aromatic carbocycles. The number of rotatable bonds is 5. The third-order valence-corrected chi connectivity index (χ3v) is 5.35. The Morgan fingerprint density at radius 1 is 1.15 bits per heavy atom. The normalized spacial score (nSPS) is 11.0. The Morgan fingerprint density at radius 3 is 2.74 bits per heavy atom. The molecule has 6 nitrogen and oxygen atoms in total. The second-order valence-electron chi connectivity index (χ2n) is 6.31. The van der Waals surface area contributed by atoms with Crippen molar-refractivity contribution < 1.29 is 4.79 Å². The maximum absolute atomic E-state index is 12.5. The molecule has 0 spiro atoms. The number of amides is 1. The Kier molecular flexibility index (Phi) is 4.68. The fourth-order valence-corrected chi connectivity index (χ4v) is 3.66. The summed E-state index contributed by atoms with van der Waals surface area (Å²) in [4.78, 5) is 30.2. The number of hydrogen-bond acceptors (Lipinski definition) is 5. The van der Waals surface area contributed by atoms with Crippen LogP contribution in [0.2, 0.25) is 0 Å². The van der Waals surface area contributed by atoms with Gasteiger partial charge in [-0.2, -0.15) is 0 Å². The molecule has 4 aromatic rings. The molecule has 0 unspecified atom stereocenters. The number of aryl methyl sites for hydroxylation is 2.